The largest absolute Gasteiger partial charge is 0.332 e. The molecule has 0 N–H and O–H groups in total. The van der Waals surface area contributed by atoms with Gasteiger partial charge in [0.25, 0.3) is 5.56 Å². The van der Waals surface area contributed by atoms with Crippen molar-refractivity contribution in [2.24, 2.45) is 14.1 Å². The quantitative estimate of drug-likeness (QED) is 0.629. The Balaban J connectivity index is 3.01. The standard InChI is InChI=1S/C13H18N4O2S/c1-6-20-11-8-10(14-9(15-11)7(2)3)16(4)13(19)17(5)12(8)18/h7H,6H2,1-5H3. The molecule has 0 spiro atoms. The maximum absolute atomic E-state index is 12.3. The van der Waals surface area contributed by atoms with Gasteiger partial charge in [0.05, 0.1) is 0 Å². The van der Waals surface area contributed by atoms with E-state index in [1.165, 1.54) is 23.4 Å². The van der Waals surface area contributed by atoms with Gasteiger partial charge in [-0.2, -0.15) is 0 Å². The molecular formula is C13H18N4O2S. The molecule has 0 atom stereocenters. The number of nitrogens with zero attached hydrogens (tertiary/aromatic N) is 4. The molecule has 0 amide bonds. The summed E-state index contributed by atoms with van der Waals surface area (Å²) in [5, 5.41) is 1.07. The van der Waals surface area contributed by atoms with Crippen LogP contribution in [0.1, 0.15) is 32.5 Å². The third kappa shape index (κ3) is 2.26. The van der Waals surface area contributed by atoms with Gasteiger partial charge < -0.3 is 0 Å². The van der Waals surface area contributed by atoms with Crippen LogP contribution >= 0.6 is 11.8 Å². The third-order valence-electron chi connectivity index (χ3n) is 3.08. The Kier molecular flexibility index (Phi) is 3.99. The molecule has 7 heteroatoms. The number of rotatable bonds is 3. The van der Waals surface area contributed by atoms with Gasteiger partial charge >= 0.3 is 5.69 Å². The van der Waals surface area contributed by atoms with E-state index < -0.39 is 0 Å². The van der Waals surface area contributed by atoms with Gasteiger partial charge in [-0.05, 0) is 5.75 Å². The van der Waals surface area contributed by atoms with Crippen LogP contribution in [0.3, 0.4) is 0 Å². The van der Waals surface area contributed by atoms with E-state index in [0.29, 0.717) is 21.9 Å². The van der Waals surface area contributed by atoms with Crippen molar-refractivity contribution < 1.29 is 0 Å². The minimum Gasteiger partial charge on any atom is -0.280 e. The number of hydrogen-bond acceptors (Lipinski definition) is 5. The fourth-order valence-electron chi connectivity index (χ4n) is 1.94. The topological polar surface area (TPSA) is 69.8 Å². The monoisotopic (exact) mass is 294 g/mol. The summed E-state index contributed by atoms with van der Waals surface area (Å²) in [6.07, 6.45) is 0. The molecule has 0 unspecified atom stereocenters. The summed E-state index contributed by atoms with van der Waals surface area (Å²) in [6, 6.07) is 0. The van der Waals surface area contributed by atoms with Crippen molar-refractivity contribution in [2.75, 3.05) is 5.75 Å². The number of aryl methyl sites for hydroxylation is 1. The average Bonchev–Trinajstić information content (AvgIpc) is 2.42. The zero-order valence-corrected chi connectivity index (χ0v) is 13.1. The first-order chi connectivity index (χ1) is 9.38. The smallest absolute Gasteiger partial charge is 0.280 e. The first kappa shape index (κ1) is 14.8. The number of hydrogen-bond donors (Lipinski definition) is 0. The SMILES string of the molecule is CCSc1nc(C(C)C)nc2c1c(=O)n(C)c(=O)n2C. The zero-order valence-electron chi connectivity index (χ0n) is 12.3. The van der Waals surface area contributed by atoms with E-state index in [1.807, 2.05) is 20.8 Å². The highest BCUT2D eigenvalue weighted by atomic mass is 32.2. The highest BCUT2D eigenvalue weighted by Crippen LogP contribution is 2.23. The first-order valence-corrected chi connectivity index (χ1v) is 7.47. The normalized spacial score (nSPS) is 11.5. The first-order valence-electron chi connectivity index (χ1n) is 6.48. The van der Waals surface area contributed by atoms with Crippen molar-refractivity contribution in [3.63, 3.8) is 0 Å². The highest BCUT2D eigenvalue weighted by molar-refractivity contribution is 7.99. The number of thioether (sulfide) groups is 1. The van der Waals surface area contributed by atoms with E-state index in [-0.39, 0.29) is 17.2 Å². The molecule has 108 valence electrons. The lowest BCUT2D eigenvalue weighted by atomic mass is 10.2. The maximum atomic E-state index is 12.3. The summed E-state index contributed by atoms with van der Waals surface area (Å²) in [7, 11) is 3.10. The van der Waals surface area contributed by atoms with Crippen molar-refractivity contribution in [3.05, 3.63) is 26.7 Å². The van der Waals surface area contributed by atoms with Gasteiger partial charge in [-0.1, -0.05) is 20.8 Å². The molecule has 0 aliphatic heterocycles. The van der Waals surface area contributed by atoms with E-state index in [2.05, 4.69) is 9.97 Å². The van der Waals surface area contributed by atoms with Crippen LogP contribution in [0.4, 0.5) is 0 Å². The molecule has 0 radical (unpaired) electrons. The van der Waals surface area contributed by atoms with Crippen LogP contribution in [0.25, 0.3) is 11.0 Å². The summed E-state index contributed by atoms with van der Waals surface area (Å²) in [5.41, 5.74) is -0.300. The number of aromatic nitrogens is 4. The predicted molar refractivity (Wildman–Crippen MR) is 80.5 cm³/mol. The lowest BCUT2D eigenvalue weighted by Crippen LogP contribution is -2.37. The Morgan fingerprint density at radius 1 is 1.15 bits per heavy atom. The highest BCUT2D eigenvalue weighted by Gasteiger charge is 2.17. The second kappa shape index (κ2) is 5.40. The lowest BCUT2D eigenvalue weighted by Gasteiger charge is -2.12. The van der Waals surface area contributed by atoms with Crippen molar-refractivity contribution in [1.82, 2.24) is 19.1 Å². The van der Waals surface area contributed by atoms with E-state index >= 15 is 0 Å². The second-order valence-electron chi connectivity index (χ2n) is 4.88. The van der Waals surface area contributed by atoms with Gasteiger partial charge in [0.2, 0.25) is 0 Å². The third-order valence-corrected chi connectivity index (χ3v) is 3.94. The Hall–Kier alpha value is -1.63. The van der Waals surface area contributed by atoms with Gasteiger partial charge in [-0.15, -0.1) is 11.8 Å². The Bertz CT molecular complexity index is 777. The van der Waals surface area contributed by atoms with Crippen LogP contribution < -0.4 is 11.2 Å². The predicted octanol–water partition coefficient (Wildman–Crippen LogP) is 1.26. The maximum Gasteiger partial charge on any atom is 0.332 e. The second-order valence-corrected chi connectivity index (χ2v) is 6.13. The van der Waals surface area contributed by atoms with Crippen LogP contribution in [0.5, 0.6) is 0 Å². The fourth-order valence-corrected chi connectivity index (χ4v) is 2.70. The summed E-state index contributed by atoms with van der Waals surface area (Å²) in [4.78, 5) is 33.2. The molecule has 0 aliphatic carbocycles. The molecule has 2 aromatic rings. The molecular weight excluding hydrogens is 276 g/mol. The van der Waals surface area contributed by atoms with Gasteiger partial charge in [0.15, 0.2) is 5.65 Å². The van der Waals surface area contributed by atoms with Crippen LogP contribution in [0, 0.1) is 0 Å². The molecule has 0 aliphatic rings. The van der Waals surface area contributed by atoms with Crippen molar-refractivity contribution >= 4 is 22.8 Å². The molecule has 0 saturated carbocycles. The van der Waals surface area contributed by atoms with Crippen molar-refractivity contribution in [3.8, 4) is 0 Å². The van der Waals surface area contributed by atoms with Gasteiger partial charge in [-0.3, -0.25) is 13.9 Å². The van der Waals surface area contributed by atoms with Crippen LogP contribution in [-0.4, -0.2) is 24.9 Å². The molecule has 2 rings (SSSR count). The van der Waals surface area contributed by atoms with E-state index in [0.717, 1.165) is 10.3 Å². The van der Waals surface area contributed by atoms with Gasteiger partial charge in [-0.25, -0.2) is 14.8 Å². The zero-order chi connectivity index (χ0) is 15.0. The molecule has 0 bridgehead atoms. The van der Waals surface area contributed by atoms with Crippen LogP contribution in [0.2, 0.25) is 0 Å². The Labute approximate surface area is 120 Å². The van der Waals surface area contributed by atoms with Gasteiger partial charge in [0.1, 0.15) is 16.2 Å². The van der Waals surface area contributed by atoms with Crippen molar-refractivity contribution in [2.45, 2.75) is 31.7 Å². The lowest BCUT2D eigenvalue weighted by molar-refractivity contribution is 0.689. The number of fused-ring (bicyclic) bond motifs is 1. The molecule has 6 nitrogen and oxygen atoms in total. The van der Waals surface area contributed by atoms with Gasteiger partial charge in [0, 0.05) is 20.0 Å². The van der Waals surface area contributed by atoms with E-state index in [9.17, 15) is 9.59 Å². The minimum absolute atomic E-state index is 0.134. The average molecular weight is 294 g/mol. The molecule has 2 heterocycles. The molecule has 2 aromatic heterocycles. The van der Waals surface area contributed by atoms with E-state index in [1.54, 1.807) is 7.05 Å². The molecule has 0 saturated heterocycles. The van der Waals surface area contributed by atoms with Crippen LogP contribution in [-0.2, 0) is 14.1 Å². The Morgan fingerprint density at radius 2 is 1.80 bits per heavy atom. The van der Waals surface area contributed by atoms with Crippen LogP contribution in [0.15, 0.2) is 14.6 Å². The molecule has 0 aromatic carbocycles. The van der Waals surface area contributed by atoms with Crippen molar-refractivity contribution in [1.29, 1.82) is 0 Å². The molecule has 0 fully saturated rings. The summed E-state index contributed by atoms with van der Waals surface area (Å²) in [5.74, 6) is 1.59. The fraction of sp³-hybridized carbons (Fsp3) is 0.538. The minimum atomic E-state index is -0.372. The molecule has 20 heavy (non-hydrogen) atoms. The Morgan fingerprint density at radius 3 is 2.35 bits per heavy atom. The summed E-state index contributed by atoms with van der Waals surface area (Å²) >= 11 is 1.49. The summed E-state index contributed by atoms with van der Waals surface area (Å²) in [6.45, 7) is 5.97. The summed E-state index contributed by atoms with van der Waals surface area (Å²) < 4.78 is 2.50. The van der Waals surface area contributed by atoms with E-state index in [4.69, 9.17) is 0 Å².